The molecule has 2 aromatic rings. The van der Waals surface area contributed by atoms with Gasteiger partial charge in [-0.05, 0) is 46.5 Å². The van der Waals surface area contributed by atoms with E-state index >= 15 is 0 Å². The Morgan fingerprint density at radius 2 is 2.12 bits per heavy atom. The van der Waals surface area contributed by atoms with Crippen molar-refractivity contribution in [2.24, 2.45) is 0 Å². The van der Waals surface area contributed by atoms with E-state index in [0.29, 0.717) is 34.7 Å². The predicted molar refractivity (Wildman–Crippen MR) is 103 cm³/mol. The van der Waals surface area contributed by atoms with Crippen LogP contribution >= 0.6 is 15.9 Å². The van der Waals surface area contributed by atoms with Crippen molar-refractivity contribution in [3.63, 3.8) is 0 Å². The molecule has 138 valence electrons. The maximum atomic E-state index is 12.4. The largest absolute Gasteiger partial charge is 0.493 e. The van der Waals surface area contributed by atoms with Gasteiger partial charge >= 0.3 is 0 Å². The number of hydrogen-bond donors (Lipinski definition) is 1. The van der Waals surface area contributed by atoms with Gasteiger partial charge in [-0.3, -0.25) is 4.79 Å². The van der Waals surface area contributed by atoms with Crippen LogP contribution in [0.25, 0.3) is 0 Å². The van der Waals surface area contributed by atoms with Gasteiger partial charge in [0.1, 0.15) is 6.61 Å². The van der Waals surface area contributed by atoms with Crippen LogP contribution in [0.1, 0.15) is 28.8 Å². The summed E-state index contributed by atoms with van der Waals surface area (Å²) in [6, 6.07) is 13.3. The molecule has 0 saturated carbocycles. The summed E-state index contributed by atoms with van der Waals surface area (Å²) >= 11 is 3.49. The van der Waals surface area contributed by atoms with Crippen LogP contribution in [0.4, 0.5) is 0 Å². The van der Waals surface area contributed by atoms with Gasteiger partial charge in [0, 0.05) is 18.7 Å². The molecule has 1 aliphatic rings. The Morgan fingerprint density at radius 1 is 1.31 bits per heavy atom. The normalized spacial score (nSPS) is 16.3. The van der Waals surface area contributed by atoms with E-state index in [0.717, 1.165) is 25.0 Å². The van der Waals surface area contributed by atoms with Crippen molar-refractivity contribution >= 4 is 21.8 Å². The van der Waals surface area contributed by atoms with Gasteiger partial charge in [-0.15, -0.1) is 0 Å². The molecule has 26 heavy (non-hydrogen) atoms. The molecule has 6 heteroatoms. The minimum atomic E-state index is -0.158. The standard InChI is InChI=1S/C20H22BrNO4/c1-24-18-11-15(20(23)22-12-16-8-5-9-25-16)10-17(21)19(18)26-13-14-6-3-2-4-7-14/h2-4,6-7,10-11,16H,5,8-9,12-13H2,1H3,(H,22,23)/t16-/m0/s1. The van der Waals surface area contributed by atoms with Crippen molar-refractivity contribution in [1.29, 1.82) is 0 Å². The number of hydrogen-bond acceptors (Lipinski definition) is 4. The number of benzene rings is 2. The van der Waals surface area contributed by atoms with Crippen molar-refractivity contribution < 1.29 is 19.0 Å². The van der Waals surface area contributed by atoms with E-state index in [2.05, 4.69) is 21.2 Å². The Kier molecular flexibility index (Phi) is 6.52. The zero-order valence-corrected chi connectivity index (χ0v) is 16.3. The molecule has 1 amide bonds. The van der Waals surface area contributed by atoms with E-state index < -0.39 is 0 Å². The molecule has 1 saturated heterocycles. The Bertz CT molecular complexity index is 745. The highest BCUT2D eigenvalue weighted by atomic mass is 79.9. The monoisotopic (exact) mass is 419 g/mol. The SMILES string of the molecule is COc1cc(C(=O)NC[C@@H]2CCCO2)cc(Br)c1OCc1ccccc1. The van der Waals surface area contributed by atoms with Gasteiger partial charge in [0.2, 0.25) is 0 Å². The molecule has 0 aliphatic carbocycles. The Hall–Kier alpha value is -2.05. The van der Waals surface area contributed by atoms with Gasteiger partial charge < -0.3 is 19.5 Å². The molecule has 1 fully saturated rings. The van der Waals surface area contributed by atoms with Crippen LogP contribution in [0.5, 0.6) is 11.5 Å². The first-order chi connectivity index (χ1) is 12.7. The fourth-order valence-electron chi connectivity index (χ4n) is 2.83. The second-order valence-electron chi connectivity index (χ2n) is 6.11. The number of rotatable bonds is 7. The van der Waals surface area contributed by atoms with E-state index in [9.17, 15) is 4.79 Å². The molecule has 1 aliphatic heterocycles. The topological polar surface area (TPSA) is 56.8 Å². The smallest absolute Gasteiger partial charge is 0.251 e. The molecule has 0 spiro atoms. The number of ether oxygens (including phenoxy) is 3. The summed E-state index contributed by atoms with van der Waals surface area (Å²) in [6.07, 6.45) is 2.14. The lowest BCUT2D eigenvalue weighted by Crippen LogP contribution is -2.31. The van der Waals surface area contributed by atoms with Crippen LogP contribution in [-0.2, 0) is 11.3 Å². The minimum absolute atomic E-state index is 0.109. The van der Waals surface area contributed by atoms with Crippen molar-refractivity contribution in [3.05, 3.63) is 58.1 Å². The highest BCUT2D eigenvalue weighted by Crippen LogP contribution is 2.37. The number of amides is 1. The number of carbonyl (C=O) groups is 1. The molecule has 0 unspecified atom stereocenters. The van der Waals surface area contributed by atoms with Gasteiger partial charge in [-0.1, -0.05) is 30.3 Å². The lowest BCUT2D eigenvalue weighted by atomic mass is 10.1. The number of halogens is 1. The molecule has 0 aromatic heterocycles. The summed E-state index contributed by atoms with van der Waals surface area (Å²) in [6.45, 7) is 1.71. The summed E-state index contributed by atoms with van der Waals surface area (Å²) in [7, 11) is 1.56. The molecule has 3 rings (SSSR count). The van der Waals surface area contributed by atoms with Gasteiger partial charge in [-0.2, -0.15) is 0 Å². The van der Waals surface area contributed by atoms with Crippen LogP contribution in [0, 0.1) is 0 Å². The van der Waals surface area contributed by atoms with Gasteiger partial charge in [0.05, 0.1) is 17.7 Å². The molecule has 2 aromatic carbocycles. The first-order valence-corrected chi connectivity index (χ1v) is 9.40. The maximum Gasteiger partial charge on any atom is 0.251 e. The summed E-state index contributed by atoms with van der Waals surface area (Å²) < 4.78 is 17.5. The molecule has 1 atom stereocenters. The molecule has 0 radical (unpaired) electrons. The van der Waals surface area contributed by atoms with Crippen molar-refractivity contribution in [1.82, 2.24) is 5.32 Å². The Morgan fingerprint density at radius 3 is 2.81 bits per heavy atom. The van der Waals surface area contributed by atoms with Crippen molar-refractivity contribution in [2.45, 2.75) is 25.6 Å². The van der Waals surface area contributed by atoms with Crippen LogP contribution in [-0.4, -0.2) is 32.3 Å². The third kappa shape index (κ3) is 4.77. The van der Waals surface area contributed by atoms with E-state index in [1.54, 1.807) is 19.2 Å². The molecule has 1 N–H and O–H groups in total. The molecular weight excluding hydrogens is 398 g/mol. The lowest BCUT2D eigenvalue weighted by molar-refractivity contribution is 0.0857. The highest BCUT2D eigenvalue weighted by molar-refractivity contribution is 9.10. The average molecular weight is 420 g/mol. The van der Waals surface area contributed by atoms with E-state index in [1.165, 1.54) is 0 Å². The summed E-state index contributed by atoms with van der Waals surface area (Å²) in [5, 5.41) is 2.92. The second kappa shape index (κ2) is 9.05. The summed E-state index contributed by atoms with van der Waals surface area (Å²) in [4.78, 5) is 12.4. The van der Waals surface area contributed by atoms with Gasteiger partial charge in [-0.25, -0.2) is 0 Å². The maximum absolute atomic E-state index is 12.4. The first kappa shape index (κ1) is 18.7. The average Bonchev–Trinajstić information content (AvgIpc) is 3.19. The summed E-state index contributed by atoms with van der Waals surface area (Å²) in [5.74, 6) is 0.929. The zero-order chi connectivity index (χ0) is 18.4. The Balaban J connectivity index is 1.68. The quantitative estimate of drug-likeness (QED) is 0.737. The highest BCUT2D eigenvalue weighted by Gasteiger charge is 2.19. The summed E-state index contributed by atoms with van der Waals surface area (Å²) in [5.41, 5.74) is 1.57. The van der Waals surface area contributed by atoms with Crippen LogP contribution in [0.3, 0.4) is 0 Å². The van der Waals surface area contributed by atoms with Crippen LogP contribution in [0.2, 0.25) is 0 Å². The third-order valence-corrected chi connectivity index (χ3v) is 4.82. The fourth-order valence-corrected chi connectivity index (χ4v) is 3.39. The number of methoxy groups -OCH3 is 1. The molecular formula is C20H22BrNO4. The molecule has 5 nitrogen and oxygen atoms in total. The molecule has 0 bridgehead atoms. The third-order valence-electron chi connectivity index (χ3n) is 4.23. The lowest BCUT2D eigenvalue weighted by Gasteiger charge is -2.15. The van der Waals surface area contributed by atoms with E-state index in [4.69, 9.17) is 14.2 Å². The van der Waals surface area contributed by atoms with Crippen molar-refractivity contribution in [3.8, 4) is 11.5 Å². The Labute approximate surface area is 161 Å². The molecule has 1 heterocycles. The first-order valence-electron chi connectivity index (χ1n) is 8.61. The van der Waals surface area contributed by atoms with E-state index in [-0.39, 0.29) is 12.0 Å². The van der Waals surface area contributed by atoms with Gasteiger partial charge in [0.15, 0.2) is 11.5 Å². The van der Waals surface area contributed by atoms with Crippen molar-refractivity contribution in [2.75, 3.05) is 20.3 Å². The predicted octanol–water partition coefficient (Wildman–Crippen LogP) is 3.95. The minimum Gasteiger partial charge on any atom is -0.493 e. The van der Waals surface area contributed by atoms with E-state index in [1.807, 2.05) is 30.3 Å². The fraction of sp³-hybridized carbons (Fsp3) is 0.350. The number of carbonyl (C=O) groups excluding carboxylic acids is 1. The van der Waals surface area contributed by atoms with Gasteiger partial charge in [0.25, 0.3) is 5.91 Å². The number of nitrogens with one attached hydrogen (secondary N) is 1. The van der Waals surface area contributed by atoms with Crippen LogP contribution < -0.4 is 14.8 Å². The second-order valence-corrected chi connectivity index (χ2v) is 6.96. The van der Waals surface area contributed by atoms with Crippen LogP contribution in [0.15, 0.2) is 46.9 Å². The zero-order valence-electron chi connectivity index (χ0n) is 14.7.